The van der Waals surface area contributed by atoms with E-state index in [1.165, 1.54) is 16.7 Å². The maximum atomic E-state index is 12.5. The molecular formula is C11H15N3O3S2. The Morgan fingerprint density at radius 2 is 2.11 bits per heavy atom. The van der Waals surface area contributed by atoms with Gasteiger partial charge in [0.25, 0.3) is 5.91 Å². The number of carbonyl (C=O) groups is 2. The largest absolute Gasteiger partial charge is 0.480 e. The lowest BCUT2D eigenvalue weighted by Crippen LogP contribution is -2.42. The van der Waals surface area contributed by atoms with Crippen LogP contribution in [0.3, 0.4) is 0 Å². The lowest BCUT2D eigenvalue weighted by molar-refractivity contribution is -0.140. The molecule has 0 spiro atoms. The number of nitrogens with zero attached hydrogens (tertiary/aromatic N) is 3. The van der Waals surface area contributed by atoms with Crippen LogP contribution in [0, 0.1) is 0 Å². The van der Waals surface area contributed by atoms with Crippen molar-refractivity contribution in [3.05, 3.63) is 10.6 Å². The van der Waals surface area contributed by atoms with Gasteiger partial charge >= 0.3 is 5.97 Å². The molecule has 1 aliphatic heterocycles. The summed E-state index contributed by atoms with van der Waals surface area (Å²) in [4.78, 5) is 25.4. The van der Waals surface area contributed by atoms with Crippen LogP contribution in [0.5, 0.6) is 0 Å². The number of amides is 1. The summed E-state index contributed by atoms with van der Waals surface area (Å²) in [5, 5.41) is 13.1. The highest BCUT2D eigenvalue weighted by molar-refractivity contribution is 7.99. The molecule has 1 unspecified atom stereocenters. The number of aliphatic carboxylic acids is 1. The monoisotopic (exact) mass is 301 g/mol. The van der Waals surface area contributed by atoms with Crippen molar-refractivity contribution in [3.8, 4) is 0 Å². The molecule has 1 aliphatic rings. The molecule has 1 saturated heterocycles. The third-order valence-electron chi connectivity index (χ3n) is 2.82. The number of hydrogen-bond donors (Lipinski definition) is 1. The zero-order chi connectivity index (χ0) is 14.2. The second-order valence-electron chi connectivity index (χ2n) is 5.33. The number of thioether (sulfide) groups is 1. The summed E-state index contributed by atoms with van der Waals surface area (Å²) in [6.45, 7) is 5.86. The first-order chi connectivity index (χ1) is 8.82. The predicted molar refractivity (Wildman–Crippen MR) is 73.5 cm³/mol. The van der Waals surface area contributed by atoms with E-state index in [2.05, 4.69) is 9.59 Å². The van der Waals surface area contributed by atoms with E-state index in [0.29, 0.717) is 22.2 Å². The Hall–Kier alpha value is -1.15. The number of rotatable bonds is 2. The molecule has 104 valence electrons. The van der Waals surface area contributed by atoms with Crippen LogP contribution in [0.15, 0.2) is 0 Å². The molecule has 2 rings (SSSR count). The van der Waals surface area contributed by atoms with Crippen LogP contribution in [-0.2, 0) is 10.2 Å². The van der Waals surface area contributed by atoms with Crippen LogP contribution < -0.4 is 0 Å². The van der Waals surface area contributed by atoms with Crippen LogP contribution in [0.4, 0.5) is 0 Å². The SMILES string of the molecule is CC(C)(C)c1nnsc1C(=O)N1CSCC1C(=O)O. The fraction of sp³-hybridized carbons (Fsp3) is 0.636. The van der Waals surface area contributed by atoms with E-state index >= 15 is 0 Å². The summed E-state index contributed by atoms with van der Waals surface area (Å²) in [7, 11) is 0. The summed E-state index contributed by atoms with van der Waals surface area (Å²) in [6, 6.07) is -0.757. The summed E-state index contributed by atoms with van der Waals surface area (Å²) in [5.41, 5.74) is 0.340. The fourth-order valence-electron chi connectivity index (χ4n) is 1.80. The van der Waals surface area contributed by atoms with Gasteiger partial charge < -0.3 is 10.0 Å². The van der Waals surface area contributed by atoms with Gasteiger partial charge in [-0.3, -0.25) is 4.79 Å². The Kier molecular flexibility index (Phi) is 3.82. The second-order valence-corrected chi connectivity index (χ2v) is 7.08. The third-order valence-corrected chi connectivity index (χ3v) is 4.55. The van der Waals surface area contributed by atoms with E-state index in [4.69, 9.17) is 5.11 Å². The van der Waals surface area contributed by atoms with Gasteiger partial charge in [0.1, 0.15) is 10.9 Å². The highest BCUT2D eigenvalue weighted by Gasteiger charge is 2.38. The van der Waals surface area contributed by atoms with Crippen molar-refractivity contribution in [1.29, 1.82) is 0 Å². The maximum absolute atomic E-state index is 12.5. The zero-order valence-corrected chi connectivity index (χ0v) is 12.5. The van der Waals surface area contributed by atoms with Crippen LogP contribution in [0.1, 0.15) is 36.1 Å². The van der Waals surface area contributed by atoms with E-state index in [9.17, 15) is 9.59 Å². The molecular weight excluding hydrogens is 286 g/mol. The Bertz CT molecular complexity index is 510. The molecule has 8 heteroatoms. The third kappa shape index (κ3) is 2.74. The number of carboxylic acid groups (broad SMARTS) is 1. The summed E-state index contributed by atoms with van der Waals surface area (Å²) < 4.78 is 3.84. The zero-order valence-electron chi connectivity index (χ0n) is 10.9. The molecule has 0 aliphatic carbocycles. The van der Waals surface area contributed by atoms with Crippen molar-refractivity contribution in [2.24, 2.45) is 0 Å². The first kappa shape index (κ1) is 14.3. The van der Waals surface area contributed by atoms with Gasteiger partial charge in [-0.15, -0.1) is 16.9 Å². The van der Waals surface area contributed by atoms with Gasteiger partial charge in [0.15, 0.2) is 0 Å². The minimum absolute atomic E-state index is 0.280. The van der Waals surface area contributed by atoms with Gasteiger partial charge in [0.2, 0.25) is 0 Å². The van der Waals surface area contributed by atoms with Crippen LogP contribution in [-0.4, -0.2) is 49.1 Å². The predicted octanol–water partition coefficient (Wildman–Crippen LogP) is 1.44. The molecule has 1 amide bonds. The molecule has 2 heterocycles. The van der Waals surface area contributed by atoms with E-state index in [0.717, 1.165) is 11.5 Å². The van der Waals surface area contributed by atoms with Gasteiger partial charge in [0, 0.05) is 11.2 Å². The van der Waals surface area contributed by atoms with Gasteiger partial charge in [-0.05, 0) is 11.5 Å². The molecule has 0 aromatic carbocycles. The summed E-state index contributed by atoms with van der Waals surface area (Å²) in [6.07, 6.45) is 0. The van der Waals surface area contributed by atoms with E-state index in [1.807, 2.05) is 20.8 Å². The Morgan fingerprint density at radius 1 is 1.42 bits per heavy atom. The average molecular weight is 301 g/mol. The van der Waals surface area contributed by atoms with Crippen molar-refractivity contribution in [2.75, 3.05) is 11.6 Å². The molecule has 1 atom stereocenters. The molecule has 0 radical (unpaired) electrons. The summed E-state index contributed by atoms with van der Waals surface area (Å²) >= 11 is 2.48. The molecule has 1 fully saturated rings. The molecule has 1 aromatic heterocycles. The maximum Gasteiger partial charge on any atom is 0.327 e. The van der Waals surface area contributed by atoms with Crippen molar-refractivity contribution in [2.45, 2.75) is 32.2 Å². The van der Waals surface area contributed by atoms with Crippen LogP contribution in [0.2, 0.25) is 0 Å². The van der Waals surface area contributed by atoms with E-state index in [1.54, 1.807) is 0 Å². The number of carboxylic acids is 1. The van der Waals surface area contributed by atoms with Crippen molar-refractivity contribution >= 4 is 35.2 Å². The smallest absolute Gasteiger partial charge is 0.327 e. The highest BCUT2D eigenvalue weighted by atomic mass is 32.2. The molecule has 19 heavy (non-hydrogen) atoms. The summed E-state index contributed by atoms with van der Waals surface area (Å²) in [5.74, 6) is -0.416. The first-order valence-electron chi connectivity index (χ1n) is 5.76. The van der Waals surface area contributed by atoms with E-state index in [-0.39, 0.29) is 11.3 Å². The number of carbonyl (C=O) groups excluding carboxylic acids is 1. The Morgan fingerprint density at radius 3 is 2.68 bits per heavy atom. The number of aromatic nitrogens is 2. The van der Waals surface area contributed by atoms with Crippen molar-refractivity contribution in [1.82, 2.24) is 14.5 Å². The molecule has 0 saturated carbocycles. The lowest BCUT2D eigenvalue weighted by Gasteiger charge is -2.22. The minimum atomic E-state index is -0.965. The Labute approximate surface area is 119 Å². The molecule has 1 aromatic rings. The minimum Gasteiger partial charge on any atom is -0.480 e. The standard InChI is InChI=1S/C11H15N3O3S2/c1-11(2,3)8-7(19-13-12-8)9(15)14-5-18-4-6(14)10(16)17/h6H,4-5H2,1-3H3,(H,16,17). The van der Waals surface area contributed by atoms with Gasteiger partial charge in [-0.2, -0.15) is 0 Å². The Balaban J connectivity index is 2.30. The van der Waals surface area contributed by atoms with Crippen LogP contribution in [0.25, 0.3) is 0 Å². The number of hydrogen-bond acceptors (Lipinski definition) is 6. The first-order valence-corrected chi connectivity index (χ1v) is 7.69. The van der Waals surface area contributed by atoms with Gasteiger partial charge in [0.05, 0.1) is 11.6 Å². The van der Waals surface area contributed by atoms with Gasteiger partial charge in [-0.25, -0.2) is 4.79 Å². The molecule has 6 nitrogen and oxygen atoms in total. The average Bonchev–Trinajstić information content (AvgIpc) is 2.96. The topological polar surface area (TPSA) is 83.4 Å². The second kappa shape index (κ2) is 5.09. The van der Waals surface area contributed by atoms with Crippen molar-refractivity contribution in [3.63, 3.8) is 0 Å². The molecule has 1 N–H and O–H groups in total. The lowest BCUT2D eigenvalue weighted by atomic mass is 9.91. The normalized spacial score (nSPS) is 19.7. The van der Waals surface area contributed by atoms with Gasteiger partial charge in [-0.1, -0.05) is 25.3 Å². The van der Waals surface area contributed by atoms with E-state index < -0.39 is 12.0 Å². The molecule has 0 bridgehead atoms. The highest BCUT2D eigenvalue weighted by Crippen LogP contribution is 2.30. The van der Waals surface area contributed by atoms with Crippen molar-refractivity contribution < 1.29 is 14.7 Å². The van der Waals surface area contributed by atoms with Crippen LogP contribution >= 0.6 is 23.3 Å². The fourth-order valence-corrected chi connectivity index (χ4v) is 3.78. The quantitative estimate of drug-likeness (QED) is 0.890.